The van der Waals surface area contributed by atoms with Gasteiger partial charge in [0.05, 0.1) is 23.8 Å². The van der Waals surface area contributed by atoms with Crippen molar-refractivity contribution in [3.8, 4) is 0 Å². The molecule has 3 aromatic rings. The van der Waals surface area contributed by atoms with Crippen molar-refractivity contribution >= 4 is 16.8 Å². The maximum Gasteiger partial charge on any atom is 0.316 e. The number of hydrogen-bond acceptors (Lipinski definition) is 6. The normalized spacial score (nSPS) is 14.8. The summed E-state index contributed by atoms with van der Waals surface area (Å²) in [5, 5.41) is 4.35. The third-order valence-electron chi connectivity index (χ3n) is 4.34. The number of aromatic nitrogens is 4. The molecule has 1 fully saturated rings. The second-order valence-electron chi connectivity index (χ2n) is 6.06. The van der Waals surface area contributed by atoms with Crippen LogP contribution in [0, 0.1) is 0 Å². The summed E-state index contributed by atoms with van der Waals surface area (Å²) in [6.07, 6.45) is 4.57. The number of fused-ring (bicyclic) bond motifs is 1. The lowest BCUT2D eigenvalue weighted by Crippen LogP contribution is -2.35. The lowest BCUT2D eigenvalue weighted by atomic mass is 10.1. The van der Waals surface area contributed by atoms with E-state index in [1.165, 1.54) is 10.9 Å². The van der Waals surface area contributed by atoms with E-state index in [1.807, 2.05) is 6.07 Å². The van der Waals surface area contributed by atoms with Crippen molar-refractivity contribution < 1.29 is 9.32 Å². The zero-order valence-corrected chi connectivity index (χ0v) is 13.6. The van der Waals surface area contributed by atoms with E-state index in [1.54, 1.807) is 23.1 Å². The Balaban J connectivity index is 1.56. The Morgan fingerprint density at radius 2 is 1.96 bits per heavy atom. The Morgan fingerprint density at radius 1 is 1.16 bits per heavy atom. The molecule has 4 rings (SSSR count). The largest absolute Gasteiger partial charge is 0.334 e. The van der Waals surface area contributed by atoms with Crippen molar-refractivity contribution in [3.05, 3.63) is 52.7 Å². The molecule has 0 radical (unpaired) electrons. The fourth-order valence-corrected chi connectivity index (χ4v) is 3.01. The summed E-state index contributed by atoms with van der Waals surface area (Å²) in [5.41, 5.74) is 0.456. The average Bonchev–Trinajstić information content (AvgIpc) is 3.13. The molecule has 0 spiro atoms. The first-order valence-electron chi connectivity index (χ1n) is 8.28. The summed E-state index contributed by atoms with van der Waals surface area (Å²) in [6.45, 7) is 1.53. The molecule has 1 aliphatic heterocycles. The SMILES string of the molecule is O=C(c1nc(Cn2cnc3ccccc3c2=O)no1)N1CCCCC1. The van der Waals surface area contributed by atoms with Crippen LogP contribution >= 0.6 is 0 Å². The number of amides is 1. The van der Waals surface area contributed by atoms with Gasteiger partial charge in [0.25, 0.3) is 5.56 Å². The summed E-state index contributed by atoms with van der Waals surface area (Å²) in [5.74, 6) is 0.000622. The second kappa shape index (κ2) is 6.46. The van der Waals surface area contributed by atoms with E-state index in [9.17, 15) is 9.59 Å². The molecule has 8 nitrogen and oxygen atoms in total. The number of nitrogens with zero attached hydrogens (tertiary/aromatic N) is 5. The van der Waals surface area contributed by atoms with Crippen LogP contribution < -0.4 is 5.56 Å². The minimum Gasteiger partial charge on any atom is -0.334 e. The summed E-state index contributed by atoms with van der Waals surface area (Å²) in [4.78, 5) is 35.0. The van der Waals surface area contributed by atoms with Crippen molar-refractivity contribution in [2.24, 2.45) is 0 Å². The first-order valence-corrected chi connectivity index (χ1v) is 8.28. The van der Waals surface area contributed by atoms with Gasteiger partial charge < -0.3 is 9.42 Å². The number of likely N-dealkylation sites (tertiary alicyclic amines) is 1. The van der Waals surface area contributed by atoms with Gasteiger partial charge in [0.15, 0.2) is 5.82 Å². The Bertz CT molecular complexity index is 972. The third-order valence-corrected chi connectivity index (χ3v) is 4.34. The molecule has 0 N–H and O–H groups in total. The number of carbonyl (C=O) groups is 1. The lowest BCUT2D eigenvalue weighted by molar-refractivity contribution is 0.0674. The minimum atomic E-state index is -0.248. The van der Waals surface area contributed by atoms with Crippen LogP contribution in [-0.4, -0.2) is 43.6 Å². The van der Waals surface area contributed by atoms with E-state index in [4.69, 9.17) is 4.52 Å². The van der Waals surface area contributed by atoms with Crippen molar-refractivity contribution in [3.63, 3.8) is 0 Å². The molecule has 2 aromatic heterocycles. The van der Waals surface area contributed by atoms with Gasteiger partial charge in [-0.15, -0.1) is 0 Å². The maximum atomic E-state index is 12.5. The topological polar surface area (TPSA) is 94.1 Å². The van der Waals surface area contributed by atoms with Crippen molar-refractivity contribution in [2.45, 2.75) is 25.8 Å². The van der Waals surface area contributed by atoms with Gasteiger partial charge in [-0.2, -0.15) is 4.98 Å². The Labute approximate surface area is 143 Å². The first kappa shape index (κ1) is 15.5. The first-order chi connectivity index (χ1) is 12.2. The quantitative estimate of drug-likeness (QED) is 0.717. The average molecular weight is 339 g/mol. The Morgan fingerprint density at radius 3 is 2.80 bits per heavy atom. The minimum absolute atomic E-state index is 0.0290. The molecule has 1 aromatic carbocycles. The summed E-state index contributed by atoms with van der Waals surface area (Å²) in [7, 11) is 0. The highest BCUT2D eigenvalue weighted by atomic mass is 16.5. The van der Waals surface area contributed by atoms with Crippen LogP contribution in [0.15, 0.2) is 39.9 Å². The predicted octanol–water partition coefficient (Wildman–Crippen LogP) is 1.45. The van der Waals surface area contributed by atoms with Crippen molar-refractivity contribution in [2.75, 3.05) is 13.1 Å². The van der Waals surface area contributed by atoms with Gasteiger partial charge in [-0.05, 0) is 31.4 Å². The highest BCUT2D eigenvalue weighted by Crippen LogP contribution is 2.12. The zero-order chi connectivity index (χ0) is 17.2. The fourth-order valence-electron chi connectivity index (χ4n) is 3.01. The number of carbonyl (C=O) groups excluding carboxylic acids is 1. The highest BCUT2D eigenvalue weighted by Gasteiger charge is 2.23. The number of rotatable bonds is 3. The highest BCUT2D eigenvalue weighted by molar-refractivity contribution is 5.89. The van der Waals surface area contributed by atoms with Gasteiger partial charge in [-0.3, -0.25) is 14.2 Å². The second-order valence-corrected chi connectivity index (χ2v) is 6.06. The van der Waals surface area contributed by atoms with Gasteiger partial charge >= 0.3 is 11.8 Å². The summed E-state index contributed by atoms with van der Waals surface area (Å²) >= 11 is 0. The van der Waals surface area contributed by atoms with Crippen LogP contribution in [0.1, 0.15) is 35.8 Å². The molecule has 1 amide bonds. The number of piperidine rings is 1. The van der Waals surface area contributed by atoms with Crippen LogP contribution in [0.3, 0.4) is 0 Å². The van der Waals surface area contributed by atoms with Gasteiger partial charge in [0.1, 0.15) is 0 Å². The van der Waals surface area contributed by atoms with E-state index in [-0.39, 0.29) is 29.7 Å². The predicted molar refractivity (Wildman–Crippen MR) is 89.2 cm³/mol. The van der Waals surface area contributed by atoms with Crippen LogP contribution in [-0.2, 0) is 6.54 Å². The van der Waals surface area contributed by atoms with Crippen molar-refractivity contribution in [1.29, 1.82) is 0 Å². The zero-order valence-electron chi connectivity index (χ0n) is 13.6. The van der Waals surface area contributed by atoms with E-state index in [0.717, 1.165) is 19.3 Å². The Kier molecular flexibility index (Phi) is 4.01. The molecule has 128 valence electrons. The van der Waals surface area contributed by atoms with Crippen molar-refractivity contribution in [1.82, 2.24) is 24.6 Å². The van der Waals surface area contributed by atoms with Crippen LogP contribution in [0.5, 0.6) is 0 Å². The molecular formula is C17H17N5O3. The number of benzene rings is 1. The fraction of sp³-hybridized carbons (Fsp3) is 0.353. The van der Waals surface area contributed by atoms with Crippen LogP contribution in [0.2, 0.25) is 0 Å². The summed E-state index contributed by atoms with van der Waals surface area (Å²) < 4.78 is 6.50. The molecule has 0 aliphatic carbocycles. The van der Waals surface area contributed by atoms with Gasteiger partial charge in [0.2, 0.25) is 0 Å². The molecule has 3 heterocycles. The lowest BCUT2D eigenvalue weighted by Gasteiger charge is -2.24. The molecule has 1 saturated heterocycles. The summed E-state index contributed by atoms with van der Waals surface area (Å²) in [6, 6.07) is 7.13. The smallest absolute Gasteiger partial charge is 0.316 e. The number of para-hydroxylation sites is 1. The van der Waals surface area contributed by atoms with Gasteiger partial charge in [-0.25, -0.2) is 4.98 Å². The van der Waals surface area contributed by atoms with Gasteiger partial charge in [0, 0.05) is 13.1 Å². The molecule has 0 atom stereocenters. The molecule has 1 aliphatic rings. The third kappa shape index (κ3) is 3.02. The van der Waals surface area contributed by atoms with Crippen LogP contribution in [0.4, 0.5) is 0 Å². The maximum absolute atomic E-state index is 12.5. The van der Waals surface area contributed by atoms with E-state index in [0.29, 0.717) is 24.0 Å². The Hall–Kier alpha value is -3.03. The van der Waals surface area contributed by atoms with Gasteiger partial charge in [-0.1, -0.05) is 17.3 Å². The van der Waals surface area contributed by atoms with Crippen LogP contribution in [0.25, 0.3) is 10.9 Å². The molecule has 8 heteroatoms. The van der Waals surface area contributed by atoms with E-state index >= 15 is 0 Å². The molecule has 0 unspecified atom stereocenters. The monoisotopic (exact) mass is 339 g/mol. The standard InChI is InChI=1S/C17H17N5O3/c23-16-12-6-2-3-7-13(12)18-11-22(16)10-14-19-15(25-20-14)17(24)21-8-4-1-5-9-21/h2-3,6-7,11H,1,4-5,8-10H2. The molecule has 0 bridgehead atoms. The molecule has 25 heavy (non-hydrogen) atoms. The molecular weight excluding hydrogens is 322 g/mol. The molecule has 0 saturated carbocycles. The van der Waals surface area contributed by atoms with E-state index in [2.05, 4.69) is 15.1 Å². The van der Waals surface area contributed by atoms with E-state index < -0.39 is 0 Å². The number of hydrogen-bond donors (Lipinski definition) is 0.